The summed E-state index contributed by atoms with van der Waals surface area (Å²) in [6, 6.07) is 10.7. The number of rotatable bonds is 3. The predicted octanol–water partition coefficient (Wildman–Crippen LogP) is 1.07. The number of carbonyl (C=O) groups excluding carboxylic acids is 1. The van der Waals surface area contributed by atoms with Crippen molar-refractivity contribution in [2.24, 2.45) is 11.3 Å². The number of carbonyl (C=O) groups is 1. The van der Waals surface area contributed by atoms with Crippen molar-refractivity contribution in [3.63, 3.8) is 0 Å². The number of piperidine rings is 1. The van der Waals surface area contributed by atoms with Crippen LogP contribution in [-0.2, 0) is 4.79 Å². The van der Waals surface area contributed by atoms with Crippen molar-refractivity contribution in [2.45, 2.75) is 37.8 Å². The minimum absolute atomic E-state index is 0.132. The maximum atomic E-state index is 11.5. The molecule has 4 atom stereocenters. The van der Waals surface area contributed by atoms with Gasteiger partial charge in [0.05, 0.1) is 6.10 Å². The molecule has 2 aliphatic heterocycles. The van der Waals surface area contributed by atoms with Crippen LogP contribution in [-0.4, -0.2) is 70.9 Å². The van der Waals surface area contributed by atoms with Crippen LogP contribution in [0.4, 0.5) is 0 Å². The molecule has 0 aromatic heterocycles. The lowest BCUT2D eigenvalue weighted by molar-refractivity contribution is -0.130. The maximum Gasteiger partial charge on any atom is 0.219 e. The number of hydrogen-bond donors (Lipinski definition) is 2. The Morgan fingerprint density at radius 1 is 1.24 bits per heavy atom. The first-order valence-electron chi connectivity index (χ1n) is 9.41. The van der Waals surface area contributed by atoms with Gasteiger partial charge in [-0.3, -0.25) is 9.69 Å². The molecule has 4 rings (SSSR count). The molecule has 2 heterocycles. The summed E-state index contributed by atoms with van der Waals surface area (Å²) in [5.74, 6) is 0.547. The molecule has 5 heteroatoms. The molecule has 1 spiro atoms. The van der Waals surface area contributed by atoms with Crippen LogP contribution in [0.25, 0.3) is 0 Å². The van der Waals surface area contributed by atoms with Crippen molar-refractivity contribution in [1.29, 1.82) is 0 Å². The lowest BCUT2D eigenvalue weighted by Crippen LogP contribution is -2.45. The van der Waals surface area contributed by atoms with Crippen molar-refractivity contribution >= 4 is 5.91 Å². The van der Waals surface area contributed by atoms with Crippen LogP contribution in [0.15, 0.2) is 30.3 Å². The smallest absolute Gasteiger partial charge is 0.219 e. The predicted molar refractivity (Wildman–Crippen MR) is 95.0 cm³/mol. The van der Waals surface area contributed by atoms with Gasteiger partial charge in [-0.05, 0) is 30.2 Å². The fourth-order valence-corrected chi connectivity index (χ4v) is 5.43. The van der Waals surface area contributed by atoms with Crippen LogP contribution in [0.2, 0.25) is 0 Å². The first-order valence-corrected chi connectivity index (χ1v) is 9.41. The maximum absolute atomic E-state index is 11.5. The van der Waals surface area contributed by atoms with E-state index in [9.17, 15) is 15.0 Å². The third kappa shape index (κ3) is 2.69. The normalized spacial score (nSPS) is 36.1. The van der Waals surface area contributed by atoms with Gasteiger partial charge in [-0.15, -0.1) is 0 Å². The molecule has 3 aliphatic rings. The molecule has 0 radical (unpaired) electrons. The van der Waals surface area contributed by atoms with Crippen molar-refractivity contribution in [1.82, 2.24) is 9.80 Å². The molecule has 136 valence electrons. The third-order valence-corrected chi connectivity index (χ3v) is 6.85. The summed E-state index contributed by atoms with van der Waals surface area (Å²) >= 11 is 0. The Kier molecular flexibility index (Phi) is 4.34. The van der Waals surface area contributed by atoms with E-state index in [4.69, 9.17) is 0 Å². The zero-order valence-electron chi connectivity index (χ0n) is 14.8. The largest absolute Gasteiger partial charge is 0.396 e. The Morgan fingerprint density at radius 2 is 1.92 bits per heavy atom. The zero-order valence-corrected chi connectivity index (χ0v) is 14.8. The minimum Gasteiger partial charge on any atom is -0.396 e. The minimum atomic E-state index is -0.388. The molecule has 25 heavy (non-hydrogen) atoms. The van der Waals surface area contributed by atoms with E-state index in [2.05, 4.69) is 17.0 Å². The Hall–Kier alpha value is -1.43. The quantitative estimate of drug-likeness (QED) is 0.861. The van der Waals surface area contributed by atoms with Crippen molar-refractivity contribution < 1.29 is 15.0 Å². The summed E-state index contributed by atoms with van der Waals surface area (Å²) in [6.45, 7) is 4.92. The number of aliphatic hydroxyl groups excluding tert-OH is 2. The van der Waals surface area contributed by atoms with Gasteiger partial charge in [-0.25, -0.2) is 0 Å². The summed E-state index contributed by atoms with van der Waals surface area (Å²) in [7, 11) is 0. The van der Waals surface area contributed by atoms with E-state index in [1.54, 1.807) is 6.92 Å². The standard InChI is InChI=1S/C20H28N2O3/c1-14(24)21-9-7-16(8-10-21)22-11-18(25)20(13-22)17(12-23)19(20)15-5-3-2-4-6-15/h2-6,16-19,23,25H,7-13H2,1H3/t17-,18+,19-,20-/m1/s1. The van der Waals surface area contributed by atoms with E-state index in [-0.39, 0.29) is 35.9 Å². The van der Waals surface area contributed by atoms with Gasteiger partial charge < -0.3 is 15.1 Å². The first kappa shape index (κ1) is 17.0. The molecular weight excluding hydrogens is 316 g/mol. The number of nitrogens with zero attached hydrogens (tertiary/aromatic N) is 2. The number of hydrogen-bond acceptors (Lipinski definition) is 4. The summed E-state index contributed by atoms with van der Waals surface area (Å²) in [4.78, 5) is 15.8. The van der Waals surface area contributed by atoms with Gasteiger partial charge in [-0.2, -0.15) is 0 Å². The topological polar surface area (TPSA) is 64.0 Å². The van der Waals surface area contributed by atoms with Crippen molar-refractivity contribution in [3.8, 4) is 0 Å². The first-order chi connectivity index (χ1) is 12.1. The second-order valence-electron chi connectivity index (χ2n) is 7.97. The Bertz CT molecular complexity index is 629. The van der Waals surface area contributed by atoms with Gasteiger partial charge in [-0.1, -0.05) is 30.3 Å². The number of aliphatic hydroxyl groups is 2. The van der Waals surface area contributed by atoms with Gasteiger partial charge >= 0.3 is 0 Å². The van der Waals surface area contributed by atoms with E-state index >= 15 is 0 Å². The average molecular weight is 344 g/mol. The van der Waals surface area contributed by atoms with Gasteiger partial charge in [0.25, 0.3) is 0 Å². The molecule has 1 aliphatic carbocycles. The molecule has 5 nitrogen and oxygen atoms in total. The average Bonchev–Trinajstić information content (AvgIpc) is 3.17. The van der Waals surface area contributed by atoms with E-state index in [0.29, 0.717) is 12.6 Å². The van der Waals surface area contributed by atoms with Crippen LogP contribution < -0.4 is 0 Å². The second-order valence-corrected chi connectivity index (χ2v) is 7.97. The van der Waals surface area contributed by atoms with Gasteiger partial charge in [0, 0.05) is 51.2 Å². The summed E-state index contributed by atoms with van der Waals surface area (Å²) in [6.07, 6.45) is 1.56. The van der Waals surface area contributed by atoms with Gasteiger partial charge in [0.2, 0.25) is 5.91 Å². The number of benzene rings is 1. The molecule has 2 saturated heterocycles. The fourth-order valence-electron chi connectivity index (χ4n) is 5.43. The Morgan fingerprint density at radius 3 is 2.52 bits per heavy atom. The SMILES string of the molecule is CC(=O)N1CCC(N2C[C@H](O)[C@@]3(C2)[C@H](CO)[C@H]3c2ccccc2)CC1. The highest BCUT2D eigenvalue weighted by atomic mass is 16.3. The highest BCUT2D eigenvalue weighted by Gasteiger charge is 2.71. The molecule has 0 unspecified atom stereocenters. The summed E-state index contributed by atoms with van der Waals surface area (Å²) in [5, 5.41) is 20.8. The monoisotopic (exact) mass is 344 g/mol. The molecule has 2 N–H and O–H groups in total. The van der Waals surface area contributed by atoms with Gasteiger partial charge in [0.1, 0.15) is 0 Å². The number of likely N-dealkylation sites (tertiary alicyclic amines) is 2. The van der Waals surface area contributed by atoms with Crippen LogP contribution in [0.5, 0.6) is 0 Å². The highest BCUT2D eigenvalue weighted by molar-refractivity contribution is 5.73. The summed E-state index contributed by atoms with van der Waals surface area (Å²) < 4.78 is 0. The van der Waals surface area contributed by atoms with Crippen LogP contribution >= 0.6 is 0 Å². The molecule has 1 saturated carbocycles. The summed E-state index contributed by atoms with van der Waals surface area (Å²) in [5.41, 5.74) is 1.03. The Labute approximate surface area is 149 Å². The van der Waals surface area contributed by atoms with Crippen LogP contribution in [0.3, 0.4) is 0 Å². The lowest BCUT2D eigenvalue weighted by atomic mass is 9.95. The van der Waals surface area contributed by atoms with E-state index in [1.807, 2.05) is 23.1 Å². The van der Waals surface area contributed by atoms with Crippen molar-refractivity contribution in [2.75, 3.05) is 32.8 Å². The molecular formula is C20H28N2O3. The number of β-amino-alcohol motifs (C(OH)–C–C–N with tert-alkyl or cyclic N) is 1. The Balaban J connectivity index is 1.47. The zero-order chi connectivity index (χ0) is 17.6. The molecule has 1 aromatic rings. The van der Waals surface area contributed by atoms with E-state index in [1.165, 1.54) is 5.56 Å². The van der Waals surface area contributed by atoms with Crippen LogP contribution in [0, 0.1) is 11.3 Å². The molecule has 3 fully saturated rings. The van der Waals surface area contributed by atoms with Crippen LogP contribution in [0.1, 0.15) is 31.2 Å². The van der Waals surface area contributed by atoms with E-state index in [0.717, 1.165) is 32.5 Å². The van der Waals surface area contributed by atoms with Gasteiger partial charge in [0.15, 0.2) is 0 Å². The fraction of sp³-hybridized carbons (Fsp3) is 0.650. The highest BCUT2D eigenvalue weighted by Crippen LogP contribution is 2.68. The second kappa shape index (κ2) is 6.38. The van der Waals surface area contributed by atoms with Crippen molar-refractivity contribution in [3.05, 3.63) is 35.9 Å². The molecule has 1 amide bonds. The third-order valence-electron chi connectivity index (χ3n) is 6.85. The molecule has 1 aromatic carbocycles. The number of amides is 1. The van der Waals surface area contributed by atoms with E-state index < -0.39 is 0 Å². The molecule has 0 bridgehead atoms. The lowest BCUT2D eigenvalue weighted by Gasteiger charge is -2.36.